The molecule has 3 aromatic rings. The highest BCUT2D eigenvalue weighted by Crippen LogP contribution is 2.37. The summed E-state index contributed by atoms with van der Waals surface area (Å²) in [6.45, 7) is 1.86. The van der Waals surface area contributed by atoms with Gasteiger partial charge in [-0.25, -0.2) is 23.8 Å². The third-order valence-corrected chi connectivity index (χ3v) is 8.86. The Morgan fingerprint density at radius 3 is 2.67 bits per heavy atom. The number of methoxy groups -OCH3 is 1. The third kappa shape index (κ3) is 6.34. The molecule has 2 fully saturated rings. The number of esters is 1. The lowest BCUT2D eigenvalue weighted by Crippen LogP contribution is -2.53. The molecule has 4 heterocycles. The fourth-order valence-electron chi connectivity index (χ4n) is 5.69. The van der Waals surface area contributed by atoms with Gasteiger partial charge in [-0.05, 0) is 36.4 Å². The molecule has 3 aliphatic rings. The molecule has 2 N–H and O–H groups in total. The number of halogens is 2. The van der Waals surface area contributed by atoms with E-state index < -0.39 is 30.4 Å². The number of piperazine rings is 1. The largest absolute Gasteiger partial charge is 0.482 e. The number of nitrogens with one attached hydrogen (secondary N) is 1. The number of hydrogen-bond acceptors (Lipinski definition) is 10. The maximum atomic E-state index is 14.0. The Balaban J connectivity index is 1.24. The maximum Gasteiger partial charge on any atom is 0.341 e. The zero-order valence-electron chi connectivity index (χ0n) is 24.0. The minimum Gasteiger partial charge on any atom is -0.482 e. The Bertz CT molecular complexity index is 1680. The van der Waals surface area contributed by atoms with Gasteiger partial charge in [0.2, 0.25) is 0 Å². The van der Waals surface area contributed by atoms with Gasteiger partial charge in [-0.2, -0.15) is 0 Å². The lowest BCUT2D eigenvalue weighted by Gasteiger charge is -2.38. The lowest BCUT2D eigenvalue weighted by atomic mass is 9.95. The number of benzene rings is 2. The van der Waals surface area contributed by atoms with Crippen molar-refractivity contribution >= 4 is 52.4 Å². The molecule has 0 bridgehead atoms. The summed E-state index contributed by atoms with van der Waals surface area (Å²) in [5, 5.41) is 14.7. The van der Waals surface area contributed by atoms with Crippen LogP contribution in [0.1, 0.15) is 16.6 Å². The summed E-state index contributed by atoms with van der Waals surface area (Å²) in [5.41, 5.74) is 1.94. The van der Waals surface area contributed by atoms with Crippen molar-refractivity contribution in [2.24, 2.45) is 4.99 Å². The molecule has 234 valence electrons. The average molecular weight is 655 g/mol. The highest BCUT2D eigenvalue weighted by atomic mass is 35.5. The number of aromatic nitrogens is 1. The van der Waals surface area contributed by atoms with E-state index in [-0.39, 0.29) is 22.7 Å². The molecule has 3 aliphatic heterocycles. The van der Waals surface area contributed by atoms with Crippen molar-refractivity contribution in [1.82, 2.24) is 20.1 Å². The molecule has 1 aromatic heterocycles. The van der Waals surface area contributed by atoms with Crippen LogP contribution in [-0.2, 0) is 14.3 Å². The second-order valence-electron chi connectivity index (χ2n) is 10.5. The molecule has 2 amide bonds. The summed E-state index contributed by atoms with van der Waals surface area (Å²) in [6.07, 6.45) is 1.65. The number of amidine groups is 1. The van der Waals surface area contributed by atoms with Crippen LogP contribution in [0, 0.1) is 5.82 Å². The molecule has 2 saturated heterocycles. The number of urea groups is 1. The molecule has 2 atom stereocenters. The molecule has 2 unspecified atom stereocenters. The maximum absolute atomic E-state index is 14.0. The van der Waals surface area contributed by atoms with Crippen LogP contribution in [-0.4, -0.2) is 96.2 Å². The van der Waals surface area contributed by atoms with Crippen molar-refractivity contribution in [3.63, 3.8) is 0 Å². The van der Waals surface area contributed by atoms with E-state index in [2.05, 4.69) is 15.2 Å². The summed E-state index contributed by atoms with van der Waals surface area (Å²) in [6, 6.07) is 9.59. The molecule has 45 heavy (non-hydrogen) atoms. The van der Waals surface area contributed by atoms with E-state index in [9.17, 15) is 18.8 Å². The lowest BCUT2D eigenvalue weighted by molar-refractivity contribution is -0.139. The first-order valence-corrected chi connectivity index (χ1v) is 15.2. The molecule has 2 aromatic carbocycles. The van der Waals surface area contributed by atoms with E-state index in [0.29, 0.717) is 66.3 Å². The van der Waals surface area contributed by atoms with Gasteiger partial charge in [0.15, 0.2) is 17.5 Å². The number of amides is 2. The number of fused-ring (bicyclic) bond motifs is 1. The summed E-state index contributed by atoms with van der Waals surface area (Å²) < 4.78 is 24.3. The van der Waals surface area contributed by atoms with Gasteiger partial charge in [0.1, 0.15) is 17.6 Å². The van der Waals surface area contributed by atoms with Gasteiger partial charge < -0.3 is 24.8 Å². The Labute approximate surface area is 266 Å². The van der Waals surface area contributed by atoms with Crippen LogP contribution in [0.15, 0.2) is 70.3 Å². The van der Waals surface area contributed by atoms with Crippen LogP contribution >= 0.6 is 22.9 Å². The molecule has 0 spiro atoms. The molecular weight excluding hydrogens is 627 g/mol. The number of aliphatic carboxylic acids is 1. The predicted molar refractivity (Wildman–Crippen MR) is 164 cm³/mol. The van der Waals surface area contributed by atoms with Crippen LogP contribution < -0.4 is 15.0 Å². The van der Waals surface area contributed by atoms with Crippen LogP contribution in [0.2, 0.25) is 5.02 Å². The highest BCUT2D eigenvalue weighted by Gasteiger charge is 2.42. The van der Waals surface area contributed by atoms with E-state index in [1.165, 1.54) is 36.6 Å². The first-order valence-electron chi connectivity index (χ1n) is 14.0. The van der Waals surface area contributed by atoms with E-state index in [1.807, 2.05) is 10.3 Å². The van der Waals surface area contributed by atoms with E-state index in [1.54, 1.807) is 35.4 Å². The zero-order valence-corrected chi connectivity index (χ0v) is 25.6. The highest BCUT2D eigenvalue weighted by molar-refractivity contribution is 7.11. The Hall–Kier alpha value is -4.53. The number of aliphatic imine (C=N–C) groups is 1. The monoisotopic (exact) mass is 654 g/mol. The van der Waals surface area contributed by atoms with Crippen LogP contribution in [0.4, 0.5) is 14.9 Å². The SMILES string of the molecule is COC(=O)C1=C(CN2CCN3C(=O)N(c4ccc(OCC(=O)O)cc4)CC3C2)NC(c2nccs2)=NC1c1ccc(F)cc1Cl. The molecule has 6 rings (SSSR count). The van der Waals surface area contributed by atoms with Crippen LogP contribution in [0.25, 0.3) is 0 Å². The van der Waals surface area contributed by atoms with Crippen molar-refractivity contribution in [3.05, 3.63) is 86.7 Å². The van der Waals surface area contributed by atoms with Crippen LogP contribution in [0.3, 0.4) is 0 Å². The Morgan fingerprint density at radius 1 is 1.18 bits per heavy atom. The fourth-order valence-corrected chi connectivity index (χ4v) is 6.55. The number of carbonyl (C=O) groups is 3. The first kappa shape index (κ1) is 30.5. The van der Waals surface area contributed by atoms with Crippen molar-refractivity contribution in [2.75, 3.05) is 51.3 Å². The number of hydrogen-bond donors (Lipinski definition) is 2. The van der Waals surface area contributed by atoms with E-state index in [0.717, 1.165) is 0 Å². The minimum atomic E-state index is -1.07. The van der Waals surface area contributed by atoms with Gasteiger partial charge in [0, 0.05) is 66.3 Å². The number of carboxylic acids is 1. The second kappa shape index (κ2) is 12.8. The van der Waals surface area contributed by atoms with Crippen molar-refractivity contribution in [1.29, 1.82) is 0 Å². The number of nitrogens with zero attached hydrogens (tertiary/aromatic N) is 5. The summed E-state index contributed by atoms with van der Waals surface area (Å²) in [7, 11) is 1.29. The van der Waals surface area contributed by atoms with Gasteiger partial charge in [-0.1, -0.05) is 17.7 Å². The quantitative estimate of drug-likeness (QED) is 0.332. The average Bonchev–Trinajstić information content (AvgIpc) is 3.68. The number of carboxylic acid groups (broad SMARTS) is 1. The van der Waals surface area contributed by atoms with Gasteiger partial charge in [0.05, 0.1) is 18.7 Å². The molecule has 0 saturated carbocycles. The topological polar surface area (TPSA) is 137 Å². The van der Waals surface area contributed by atoms with Gasteiger partial charge in [-0.3, -0.25) is 14.8 Å². The van der Waals surface area contributed by atoms with Gasteiger partial charge in [0.25, 0.3) is 0 Å². The molecular formula is C30H28ClFN6O6S. The Kier molecular flexibility index (Phi) is 8.70. The first-order chi connectivity index (χ1) is 21.7. The predicted octanol–water partition coefficient (Wildman–Crippen LogP) is 3.54. The molecule has 12 nitrogen and oxygen atoms in total. The van der Waals surface area contributed by atoms with Gasteiger partial charge >= 0.3 is 18.0 Å². The normalized spacial score (nSPS) is 20.1. The summed E-state index contributed by atoms with van der Waals surface area (Å²) in [5.74, 6) is -1.33. The van der Waals surface area contributed by atoms with E-state index in [4.69, 9.17) is 31.2 Å². The number of carbonyl (C=O) groups excluding carboxylic acids is 2. The molecule has 0 radical (unpaired) electrons. The molecule has 0 aliphatic carbocycles. The summed E-state index contributed by atoms with van der Waals surface area (Å²) >= 11 is 7.84. The van der Waals surface area contributed by atoms with Gasteiger partial charge in [-0.15, -0.1) is 11.3 Å². The number of rotatable bonds is 9. The number of anilines is 1. The second-order valence-corrected chi connectivity index (χ2v) is 11.8. The zero-order chi connectivity index (χ0) is 31.7. The summed E-state index contributed by atoms with van der Waals surface area (Å²) in [4.78, 5) is 52.2. The standard InChI is InChI=1S/C30H28ClFN6O6S/c1-43-29(41)25-23(34-27(28-33-8-11-45-28)35-26(25)21-7-2-17(32)12-22(21)31)15-36-9-10-37-19(13-36)14-38(30(37)42)18-3-5-20(6-4-18)44-16-24(39)40/h2-8,11-12,19,26H,9-10,13-16H2,1H3,(H,34,35)(H,39,40). The fraction of sp³-hybridized carbons (Fsp3) is 0.300. The Morgan fingerprint density at radius 2 is 1.98 bits per heavy atom. The van der Waals surface area contributed by atoms with Crippen molar-refractivity contribution in [3.8, 4) is 5.75 Å². The van der Waals surface area contributed by atoms with E-state index >= 15 is 0 Å². The smallest absolute Gasteiger partial charge is 0.341 e. The van der Waals surface area contributed by atoms with Crippen LogP contribution in [0.5, 0.6) is 5.75 Å². The minimum absolute atomic E-state index is 0.116. The van der Waals surface area contributed by atoms with Crippen molar-refractivity contribution in [2.45, 2.75) is 12.1 Å². The molecule has 15 heteroatoms. The third-order valence-electron chi connectivity index (χ3n) is 7.75. The number of ether oxygens (including phenoxy) is 2. The number of thiazole rings is 1. The van der Waals surface area contributed by atoms with Crippen molar-refractivity contribution < 1.29 is 33.4 Å².